The zero-order valence-electron chi connectivity index (χ0n) is 8.51. The molecule has 1 aromatic carbocycles. The number of thioether (sulfide) groups is 1. The average molecular weight is 235 g/mol. The summed E-state index contributed by atoms with van der Waals surface area (Å²) in [5, 5.41) is 12.2. The number of carboxylic acids is 1. The highest BCUT2D eigenvalue weighted by atomic mass is 32.2. The van der Waals surface area contributed by atoms with Gasteiger partial charge in [0.25, 0.3) is 0 Å². The van der Waals surface area contributed by atoms with E-state index in [0.29, 0.717) is 5.76 Å². The molecular formula is C11H9NO3S. The van der Waals surface area contributed by atoms with E-state index in [-0.39, 0.29) is 5.69 Å². The number of aromatic carboxylic acids is 1. The van der Waals surface area contributed by atoms with E-state index in [4.69, 9.17) is 9.63 Å². The minimum Gasteiger partial charge on any atom is -0.476 e. The Morgan fingerprint density at radius 1 is 1.44 bits per heavy atom. The third kappa shape index (κ3) is 2.09. The summed E-state index contributed by atoms with van der Waals surface area (Å²) in [7, 11) is 0. The fourth-order valence-electron chi connectivity index (χ4n) is 1.29. The van der Waals surface area contributed by atoms with Gasteiger partial charge in [0.15, 0.2) is 11.5 Å². The number of hydrogen-bond acceptors (Lipinski definition) is 4. The Labute approximate surface area is 96.3 Å². The molecular weight excluding hydrogens is 226 g/mol. The Morgan fingerprint density at radius 3 is 2.88 bits per heavy atom. The van der Waals surface area contributed by atoms with E-state index in [9.17, 15) is 4.79 Å². The molecule has 2 aromatic rings. The van der Waals surface area contributed by atoms with E-state index in [1.807, 2.05) is 30.5 Å². The Kier molecular flexibility index (Phi) is 2.96. The van der Waals surface area contributed by atoms with Gasteiger partial charge in [-0.3, -0.25) is 0 Å². The molecule has 2 rings (SSSR count). The minimum absolute atomic E-state index is 0.0791. The molecule has 1 heterocycles. The van der Waals surface area contributed by atoms with Crippen LogP contribution in [0.2, 0.25) is 0 Å². The standard InChI is InChI=1S/C11H9NO3S/c1-16-8-4-2-3-7(5-8)10-6-9(11(13)14)12-15-10/h2-6H,1H3,(H,13,14). The molecule has 1 N–H and O–H groups in total. The molecule has 0 atom stereocenters. The first kappa shape index (κ1) is 10.8. The van der Waals surface area contributed by atoms with Gasteiger partial charge in [0, 0.05) is 16.5 Å². The van der Waals surface area contributed by atoms with Crippen molar-refractivity contribution in [1.29, 1.82) is 0 Å². The van der Waals surface area contributed by atoms with Crippen LogP contribution in [0.1, 0.15) is 10.5 Å². The zero-order valence-corrected chi connectivity index (χ0v) is 9.32. The maximum absolute atomic E-state index is 10.6. The number of benzene rings is 1. The van der Waals surface area contributed by atoms with E-state index >= 15 is 0 Å². The lowest BCUT2D eigenvalue weighted by Gasteiger charge is -1.98. The van der Waals surface area contributed by atoms with Gasteiger partial charge in [-0.1, -0.05) is 17.3 Å². The molecule has 1 aromatic heterocycles. The fourth-order valence-corrected chi connectivity index (χ4v) is 1.75. The first-order valence-corrected chi connectivity index (χ1v) is 5.77. The highest BCUT2D eigenvalue weighted by molar-refractivity contribution is 7.98. The van der Waals surface area contributed by atoms with Crippen molar-refractivity contribution in [3.05, 3.63) is 36.0 Å². The molecule has 16 heavy (non-hydrogen) atoms. The van der Waals surface area contributed by atoms with Gasteiger partial charge < -0.3 is 9.63 Å². The molecule has 0 fully saturated rings. The minimum atomic E-state index is -1.09. The van der Waals surface area contributed by atoms with Crippen molar-refractivity contribution >= 4 is 17.7 Å². The quantitative estimate of drug-likeness (QED) is 0.829. The van der Waals surface area contributed by atoms with E-state index in [1.54, 1.807) is 11.8 Å². The molecule has 0 spiro atoms. The summed E-state index contributed by atoms with van der Waals surface area (Å²) in [6.07, 6.45) is 1.97. The smallest absolute Gasteiger partial charge is 0.358 e. The van der Waals surface area contributed by atoms with Crippen LogP contribution in [-0.2, 0) is 0 Å². The van der Waals surface area contributed by atoms with Crippen molar-refractivity contribution in [2.24, 2.45) is 0 Å². The predicted octanol–water partition coefficient (Wildman–Crippen LogP) is 2.76. The molecule has 0 amide bonds. The molecule has 5 heteroatoms. The van der Waals surface area contributed by atoms with Crippen LogP contribution in [-0.4, -0.2) is 22.5 Å². The Balaban J connectivity index is 2.38. The molecule has 82 valence electrons. The maximum Gasteiger partial charge on any atom is 0.358 e. The topological polar surface area (TPSA) is 63.3 Å². The Hall–Kier alpha value is -1.75. The summed E-state index contributed by atoms with van der Waals surface area (Å²) >= 11 is 1.61. The lowest BCUT2D eigenvalue weighted by atomic mass is 10.1. The van der Waals surface area contributed by atoms with Crippen LogP contribution >= 0.6 is 11.8 Å². The fraction of sp³-hybridized carbons (Fsp3) is 0.0909. The number of aromatic nitrogens is 1. The second-order valence-electron chi connectivity index (χ2n) is 3.11. The van der Waals surface area contributed by atoms with Gasteiger partial charge in [-0.05, 0) is 18.4 Å². The molecule has 0 aliphatic heterocycles. The Morgan fingerprint density at radius 2 is 2.25 bits per heavy atom. The van der Waals surface area contributed by atoms with Gasteiger partial charge in [-0.2, -0.15) is 0 Å². The van der Waals surface area contributed by atoms with Crippen LogP contribution in [0.5, 0.6) is 0 Å². The van der Waals surface area contributed by atoms with Crippen molar-refractivity contribution in [3.63, 3.8) is 0 Å². The predicted molar refractivity (Wildman–Crippen MR) is 60.7 cm³/mol. The van der Waals surface area contributed by atoms with E-state index in [1.165, 1.54) is 6.07 Å². The van der Waals surface area contributed by atoms with Gasteiger partial charge in [0.2, 0.25) is 0 Å². The molecule has 0 aliphatic rings. The third-order valence-electron chi connectivity index (χ3n) is 2.08. The van der Waals surface area contributed by atoms with Gasteiger partial charge >= 0.3 is 5.97 Å². The van der Waals surface area contributed by atoms with Crippen LogP contribution in [0, 0.1) is 0 Å². The highest BCUT2D eigenvalue weighted by Crippen LogP contribution is 2.24. The van der Waals surface area contributed by atoms with Crippen LogP contribution in [0.3, 0.4) is 0 Å². The molecule has 4 nitrogen and oxygen atoms in total. The number of rotatable bonds is 3. The van der Waals surface area contributed by atoms with Crippen LogP contribution in [0.15, 0.2) is 39.8 Å². The highest BCUT2D eigenvalue weighted by Gasteiger charge is 2.12. The van der Waals surface area contributed by atoms with Crippen molar-refractivity contribution in [1.82, 2.24) is 5.16 Å². The molecule has 0 saturated carbocycles. The van der Waals surface area contributed by atoms with Gasteiger partial charge in [0.1, 0.15) is 0 Å². The van der Waals surface area contributed by atoms with E-state index in [2.05, 4.69) is 5.16 Å². The largest absolute Gasteiger partial charge is 0.476 e. The van der Waals surface area contributed by atoms with Gasteiger partial charge in [0.05, 0.1) is 0 Å². The zero-order chi connectivity index (χ0) is 11.5. The van der Waals surface area contributed by atoms with Crippen LogP contribution in [0.4, 0.5) is 0 Å². The van der Waals surface area contributed by atoms with E-state index in [0.717, 1.165) is 10.5 Å². The maximum atomic E-state index is 10.6. The average Bonchev–Trinajstić information content (AvgIpc) is 2.78. The van der Waals surface area contributed by atoms with Crippen LogP contribution in [0.25, 0.3) is 11.3 Å². The molecule has 0 radical (unpaired) electrons. The molecule has 0 saturated heterocycles. The number of hydrogen-bond donors (Lipinski definition) is 1. The van der Waals surface area contributed by atoms with Crippen molar-refractivity contribution in [2.75, 3.05) is 6.26 Å². The van der Waals surface area contributed by atoms with E-state index < -0.39 is 5.97 Å². The Bertz CT molecular complexity index is 521. The van der Waals surface area contributed by atoms with Gasteiger partial charge in [-0.15, -0.1) is 11.8 Å². The SMILES string of the molecule is CSc1cccc(-c2cc(C(=O)O)no2)c1. The summed E-state index contributed by atoms with van der Waals surface area (Å²) in [4.78, 5) is 11.7. The molecule has 0 bridgehead atoms. The number of carbonyl (C=O) groups is 1. The second-order valence-corrected chi connectivity index (χ2v) is 3.99. The summed E-state index contributed by atoms with van der Waals surface area (Å²) in [6, 6.07) is 9.07. The summed E-state index contributed by atoms with van der Waals surface area (Å²) < 4.78 is 4.97. The first-order valence-electron chi connectivity index (χ1n) is 4.55. The molecule has 0 aliphatic carbocycles. The summed E-state index contributed by atoms with van der Waals surface area (Å²) in [5.41, 5.74) is 0.747. The number of nitrogens with zero attached hydrogens (tertiary/aromatic N) is 1. The third-order valence-corrected chi connectivity index (χ3v) is 2.81. The summed E-state index contributed by atoms with van der Waals surface area (Å²) in [5.74, 6) is -0.621. The lowest BCUT2D eigenvalue weighted by molar-refractivity contribution is 0.0686. The van der Waals surface area contributed by atoms with Crippen LogP contribution < -0.4 is 0 Å². The lowest BCUT2D eigenvalue weighted by Crippen LogP contribution is -1.94. The van der Waals surface area contributed by atoms with Gasteiger partial charge in [-0.25, -0.2) is 4.79 Å². The number of carboxylic acid groups (broad SMARTS) is 1. The molecule has 0 unspecified atom stereocenters. The summed E-state index contributed by atoms with van der Waals surface area (Å²) in [6.45, 7) is 0. The van der Waals surface area contributed by atoms with Crippen molar-refractivity contribution in [2.45, 2.75) is 4.90 Å². The van der Waals surface area contributed by atoms with Crippen molar-refractivity contribution in [3.8, 4) is 11.3 Å². The first-order chi connectivity index (χ1) is 7.70. The van der Waals surface area contributed by atoms with Crippen molar-refractivity contribution < 1.29 is 14.4 Å². The monoisotopic (exact) mass is 235 g/mol. The normalized spacial score (nSPS) is 10.3. The second kappa shape index (κ2) is 4.40.